The Morgan fingerprint density at radius 3 is 2.54 bits per heavy atom. The summed E-state index contributed by atoms with van der Waals surface area (Å²) in [6.07, 6.45) is 3.18. The SMILES string of the molecule is CCCNC(=O)N1CC[N+](CCCC=O)(c2ccc(F)cc2)CC1. The number of urea groups is 1. The van der Waals surface area contributed by atoms with Crippen LogP contribution in [0.2, 0.25) is 0 Å². The summed E-state index contributed by atoms with van der Waals surface area (Å²) >= 11 is 0. The van der Waals surface area contributed by atoms with Gasteiger partial charge in [-0.25, -0.2) is 9.18 Å². The van der Waals surface area contributed by atoms with Crippen molar-refractivity contribution in [3.63, 3.8) is 0 Å². The smallest absolute Gasteiger partial charge is 0.317 e. The Kier molecular flexibility index (Phi) is 6.73. The molecule has 1 fully saturated rings. The fourth-order valence-electron chi connectivity index (χ4n) is 3.24. The van der Waals surface area contributed by atoms with E-state index in [1.54, 1.807) is 0 Å². The Morgan fingerprint density at radius 1 is 1.29 bits per heavy atom. The molecule has 1 aliphatic rings. The van der Waals surface area contributed by atoms with E-state index in [4.69, 9.17) is 0 Å². The number of halogens is 1. The van der Waals surface area contributed by atoms with Gasteiger partial charge in [0.25, 0.3) is 0 Å². The van der Waals surface area contributed by atoms with Crippen LogP contribution in [-0.4, -0.2) is 56.5 Å². The molecule has 0 unspecified atom stereocenters. The lowest BCUT2D eigenvalue weighted by molar-refractivity contribution is -0.108. The molecule has 2 amide bonds. The van der Waals surface area contributed by atoms with Crippen molar-refractivity contribution < 1.29 is 14.0 Å². The first-order valence-corrected chi connectivity index (χ1v) is 8.70. The number of carbonyl (C=O) groups is 2. The summed E-state index contributed by atoms with van der Waals surface area (Å²) in [6, 6.07) is 6.60. The number of amides is 2. The van der Waals surface area contributed by atoms with E-state index in [0.717, 1.165) is 44.4 Å². The summed E-state index contributed by atoms with van der Waals surface area (Å²) in [5.74, 6) is -0.248. The number of hydrogen-bond acceptors (Lipinski definition) is 2. The van der Waals surface area contributed by atoms with Gasteiger partial charge in [-0.1, -0.05) is 6.92 Å². The molecule has 5 nitrogen and oxygen atoms in total. The molecule has 1 aromatic carbocycles. The highest BCUT2D eigenvalue weighted by molar-refractivity contribution is 5.74. The van der Waals surface area contributed by atoms with Crippen molar-refractivity contribution in [2.45, 2.75) is 26.2 Å². The van der Waals surface area contributed by atoms with E-state index in [2.05, 4.69) is 5.32 Å². The first kappa shape index (κ1) is 18.4. The molecule has 1 N–H and O–H groups in total. The van der Waals surface area contributed by atoms with Crippen LogP contribution in [0.3, 0.4) is 0 Å². The third kappa shape index (κ3) is 4.54. The maximum Gasteiger partial charge on any atom is 0.317 e. The number of piperazine rings is 1. The first-order valence-electron chi connectivity index (χ1n) is 8.70. The molecule has 0 aromatic heterocycles. The van der Waals surface area contributed by atoms with Crippen LogP contribution in [0, 0.1) is 5.82 Å². The number of carbonyl (C=O) groups excluding carboxylic acids is 2. The maximum atomic E-state index is 13.3. The predicted octanol–water partition coefficient (Wildman–Crippen LogP) is 2.55. The number of rotatable bonds is 7. The Hall–Kier alpha value is -1.95. The summed E-state index contributed by atoms with van der Waals surface area (Å²) in [5, 5.41) is 2.91. The first-order chi connectivity index (χ1) is 11.6. The summed E-state index contributed by atoms with van der Waals surface area (Å²) in [7, 11) is 0. The minimum Gasteiger partial charge on any atom is -0.338 e. The maximum absolute atomic E-state index is 13.3. The molecule has 24 heavy (non-hydrogen) atoms. The van der Waals surface area contributed by atoms with Crippen molar-refractivity contribution in [2.24, 2.45) is 0 Å². The number of quaternary nitrogens is 1. The number of benzene rings is 1. The molecule has 0 saturated carbocycles. The third-order valence-corrected chi connectivity index (χ3v) is 4.69. The van der Waals surface area contributed by atoms with E-state index in [9.17, 15) is 14.0 Å². The molecule has 0 atom stereocenters. The zero-order valence-corrected chi connectivity index (χ0v) is 14.3. The van der Waals surface area contributed by atoms with Crippen molar-refractivity contribution in [1.82, 2.24) is 14.7 Å². The Balaban J connectivity index is 2.07. The van der Waals surface area contributed by atoms with Crippen LogP contribution in [0.1, 0.15) is 26.2 Å². The van der Waals surface area contributed by atoms with E-state index < -0.39 is 0 Å². The normalized spacial score (nSPS) is 16.7. The lowest BCUT2D eigenvalue weighted by Crippen LogP contribution is -2.63. The highest BCUT2D eigenvalue weighted by Gasteiger charge is 2.36. The van der Waals surface area contributed by atoms with Crippen molar-refractivity contribution in [2.75, 3.05) is 39.3 Å². The van der Waals surface area contributed by atoms with Crippen LogP contribution in [0.5, 0.6) is 0 Å². The monoisotopic (exact) mass is 336 g/mol. The summed E-state index contributed by atoms with van der Waals surface area (Å²) in [5.41, 5.74) is 1.05. The molecule has 6 heteroatoms. The molecule has 132 valence electrons. The van der Waals surface area contributed by atoms with Crippen molar-refractivity contribution >= 4 is 18.0 Å². The van der Waals surface area contributed by atoms with Crippen LogP contribution in [0.15, 0.2) is 24.3 Å². The van der Waals surface area contributed by atoms with Crippen LogP contribution in [0.4, 0.5) is 14.9 Å². The van der Waals surface area contributed by atoms with Gasteiger partial charge in [0.2, 0.25) is 0 Å². The average molecular weight is 336 g/mol. The molecule has 0 aliphatic carbocycles. The van der Waals surface area contributed by atoms with Gasteiger partial charge in [-0.15, -0.1) is 0 Å². The summed E-state index contributed by atoms with van der Waals surface area (Å²) < 4.78 is 14.0. The van der Waals surface area contributed by atoms with Crippen molar-refractivity contribution in [3.05, 3.63) is 30.1 Å². The molecule has 2 rings (SSSR count). The van der Waals surface area contributed by atoms with Crippen LogP contribution < -0.4 is 9.80 Å². The van der Waals surface area contributed by atoms with Gasteiger partial charge in [0, 0.05) is 31.5 Å². The van der Waals surface area contributed by atoms with Gasteiger partial charge >= 0.3 is 6.03 Å². The van der Waals surface area contributed by atoms with E-state index in [0.29, 0.717) is 30.5 Å². The van der Waals surface area contributed by atoms with E-state index in [1.165, 1.54) is 12.1 Å². The average Bonchev–Trinajstić information content (AvgIpc) is 2.61. The molecule has 0 bridgehead atoms. The number of hydrogen-bond donors (Lipinski definition) is 1. The summed E-state index contributed by atoms with van der Waals surface area (Å²) in [4.78, 5) is 24.6. The zero-order chi connectivity index (χ0) is 17.4. The Bertz CT molecular complexity index is 540. The number of nitrogens with zero attached hydrogens (tertiary/aromatic N) is 2. The van der Waals surface area contributed by atoms with Crippen molar-refractivity contribution in [1.29, 1.82) is 0 Å². The van der Waals surface area contributed by atoms with Crippen molar-refractivity contribution in [3.8, 4) is 0 Å². The van der Waals surface area contributed by atoms with E-state index >= 15 is 0 Å². The molecule has 1 aliphatic heterocycles. The second-order valence-electron chi connectivity index (χ2n) is 6.32. The minimum absolute atomic E-state index is 0.0124. The van der Waals surface area contributed by atoms with Crippen LogP contribution in [-0.2, 0) is 4.79 Å². The van der Waals surface area contributed by atoms with Gasteiger partial charge in [-0.3, -0.25) is 4.48 Å². The molecule has 1 saturated heterocycles. The van der Waals surface area contributed by atoms with Gasteiger partial charge in [-0.05, 0) is 18.6 Å². The molecule has 1 heterocycles. The fourth-order valence-corrected chi connectivity index (χ4v) is 3.24. The minimum atomic E-state index is -0.248. The quantitative estimate of drug-likeness (QED) is 0.473. The largest absolute Gasteiger partial charge is 0.338 e. The Morgan fingerprint density at radius 2 is 1.96 bits per heavy atom. The van der Waals surface area contributed by atoms with Gasteiger partial charge in [0.05, 0.1) is 19.6 Å². The van der Waals surface area contributed by atoms with Gasteiger partial charge in [-0.2, -0.15) is 0 Å². The van der Waals surface area contributed by atoms with Gasteiger partial charge in [0.1, 0.15) is 30.9 Å². The topological polar surface area (TPSA) is 49.4 Å². The second-order valence-corrected chi connectivity index (χ2v) is 6.32. The predicted molar refractivity (Wildman–Crippen MR) is 93.4 cm³/mol. The molecule has 1 aromatic rings. The standard InChI is InChI=1S/C18H26FN3O2/c1-2-9-20-18(24)21-10-13-22(14-11-21,12-3-4-15-23)17-7-5-16(19)6-8-17/h5-8,15H,2-4,9-14H2,1H3/p+1. The highest BCUT2D eigenvalue weighted by Crippen LogP contribution is 2.26. The highest BCUT2D eigenvalue weighted by atomic mass is 19.1. The summed E-state index contributed by atoms with van der Waals surface area (Å²) in [6.45, 7) is 6.43. The van der Waals surface area contributed by atoms with Gasteiger partial charge in [0.15, 0.2) is 0 Å². The lowest BCUT2D eigenvalue weighted by atomic mass is 10.1. The van der Waals surface area contributed by atoms with Crippen LogP contribution >= 0.6 is 0 Å². The lowest BCUT2D eigenvalue weighted by Gasteiger charge is -2.44. The number of unbranched alkanes of at least 4 members (excludes halogenated alkanes) is 1. The van der Waals surface area contributed by atoms with Crippen LogP contribution in [0.25, 0.3) is 0 Å². The fraction of sp³-hybridized carbons (Fsp3) is 0.556. The third-order valence-electron chi connectivity index (χ3n) is 4.69. The molecule has 0 spiro atoms. The molecular formula is C18H27FN3O2+. The molecular weight excluding hydrogens is 309 g/mol. The van der Waals surface area contributed by atoms with E-state index in [1.807, 2.05) is 24.0 Å². The number of nitrogens with one attached hydrogen (secondary N) is 1. The second kappa shape index (κ2) is 8.78. The Labute approximate surface area is 143 Å². The number of aldehydes is 1. The van der Waals surface area contributed by atoms with Gasteiger partial charge < -0.3 is 15.0 Å². The molecule has 0 radical (unpaired) electrons. The zero-order valence-electron chi connectivity index (χ0n) is 14.3. The van der Waals surface area contributed by atoms with E-state index in [-0.39, 0.29) is 11.8 Å².